The number of anilines is 1. The smallest absolute Gasteiger partial charge is 0.335 e. The Bertz CT molecular complexity index is 822. The monoisotopic (exact) mass is 333 g/mol. The van der Waals surface area contributed by atoms with Crippen LogP contribution in [0.25, 0.3) is 0 Å². The summed E-state index contributed by atoms with van der Waals surface area (Å²) in [6.07, 6.45) is 7.97. The SMILES string of the molecule is CCCc1ccc2c(c1)C1C=CCC1C(c1ccc(C(=O)O)cc1)N2. The van der Waals surface area contributed by atoms with Gasteiger partial charge in [-0.1, -0.05) is 49.8 Å². The van der Waals surface area contributed by atoms with Gasteiger partial charge >= 0.3 is 5.97 Å². The zero-order chi connectivity index (χ0) is 17.4. The number of carboxylic acids is 1. The van der Waals surface area contributed by atoms with E-state index in [0.29, 0.717) is 17.4 Å². The van der Waals surface area contributed by atoms with Gasteiger partial charge in [-0.25, -0.2) is 4.79 Å². The molecule has 0 spiro atoms. The maximum absolute atomic E-state index is 11.1. The van der Waals surface area contributed by atoms with Gasteiger partial charge in [-0.05, 0) is 53.6 Å². The number of carboxylic acid groups (broad SMARTS) is 1. The molecule has 0 saturated carbocycles. The van der Waals surface area contributed by atoms with Crippen molar-refractivity contribution in [1.82, 2.24) is 0 Å². The predicted molar refractivity (Wildman–Crippen MR) is 100 cm³/mol. The molecular formula is C22H23NO2. The van der Waals surface area contributed by atoms with Crippen LogP contribution in [-0.4, -0.2) is 11.1 Å². The summed E-state index contributed by atoms with van der Waals surface area (Å²) in [7, 11) is 0. The molecule has 3 heteroatoms. The lowest BCUT2D eigenvalue weighted by Gasteiger charge is -2.37. The lowest BCUT2D eigenvalue weighted by molar-refractivity contribution is 0.0697. The number of benzene rings is 2. The quantitative estimate of drug-likeness (QED) is 0.760. The fourth-order valence-electron chi connectivity index (χ4n) is 4.25. The lowest BCUT2D eigenvalue weighted by Crippen LogP contribution is -2.29. The van der Waals surface area contributed by atoms with E-state index in [1.807, 2.05) is 12.1 Å². The maximum atomic E-state index is 11.1. The first-order valence-electron chi connectivity index (χ1n) is 9.06. The van der Waals surface area contributed by atoms with Crippen molar-refractivity contribution in [2.24, 2.45) is 5.92 Å². The van der Waals surface area contributed by atoms with Crippen LogP contribution in [0.5, 0.6) is 0 Å². The molecule has 0 bridgehead atoms. The molecule has 4 rings (SSSR count). The number of aryl methyl sites for hydroxylation is 1. The fourth-order valence-corrected chi connectivity index (χ4v) is 4.25. The molecule has 25 heavy (non-hydrogen) atoms. The molecule has 0 fully saturated rings. The third-order valence-electron chi connectivity index (χ3n) is 5.48. The number of carbonyl (C=O) groups is 1. The average molecular weight is 333 g/mol. The van der Waals surface area contributed by atoms with Gasteiger partial charge < -0.3 is 10.4 Å². The molecule has 1 heterocycles. The third-order valence-corrected chi connectivity index (χ3v) is 5.48. The van der Waals surface area contributed by atoms with Crippen LogP contribution in [0, 0.1) is 5.92 Å². The lowest BCUT2D eigenvalue weighted by atomic mass is 9.76. The summed E-state index contributed by atoms with van der Waals surface area (Å²) in [6, 6.07) is 14.3. The minimum absolute atomic E-state index is 0.215. The van der Waals surface area contributed by atoms with E-state index >= 15 is 0 Å². The first kappa shape index (κ1) is 15.9. The standard InChI is InChI=1S/C22H23NO2/c1-2-4-14-7-12-20-19(13-14)17-5-3-6-18(17)21(23-20)15-8-10-16(11-9-15)22(24)25/h3,5,7-13,17-18,21,23H,2,4,6H2,1H3,(H,24,25). The molecule has 0 amide bonds. The first-order valence-corrected chi connectivity index (χ1v) is 9.06. The highest BCUT2D eigenvalue weighted by Crippen LogP contribution is 2.49. The molecule has 1 aliphatic carbocycles. The Balaban J connectivity index is 1.69. The van der Waals surface area contributed by atoms with Crippen LogP contribution in [0.2, 0.25) is 0 Å². The highest BCUT2D eigenvalue weighted by atomic mass is 16.4. The van der Waals surface area contributed by atoms with Crippen LogP contribution >= 0.6 is 0 Å². The molecule has 2 N–H and O–H groups in total. The van der Waals surface area contributed by atoms with E-state index in [2.05, 4.69) is 42.6 Å². The summed E-state index contributed by atoms with van der Waals surface area (Å²) >= 11 is 0. The average Bonchev–Trinajstić information content (AvgIpc) is 3.11. The van der Waals surface area contributed by atoms with Gasteiger partial charge in [-0.3, -0.25) is 0 Å². The molecule has 3 atom stereocenters. The van der Waals surface area contributed by atoms with Crippen LogP contribution in [-0.2, 0) is 6.42 Å². The van der Waals surface area contributed by atoms with Crippen molar-refractivity contribution in [3.63, 3.8) is 0 Å². The van der Waals surface area contributed by atoms with Crippen molar-refractivity contribution in [2.75, 3.05) is 5.32 Å². The highest BCUT2D eigenvalue weighted by molar-refractivity contribution is 5.87. The van der Waals surface area contributed by atoms with E-state index in [4.69, 9.17) is 5.11 Å². The predicted octanol–water partition coefficient (Wildman–Crippen LogP) is 5.16. The second kappa shape index (κ2) is 6.40. The summed E-state index contributed by atoms with van der Waals surface area (Å²) in [4.78, 5) is 11.1. The molecule has 0 saturated heterocycles. The van der Waals surface area contributed by atoms with Gasteiger partial charge in [0.2, 0.25) is 0 Å². The molecule has 3 unspecified atom stereocenters. The van der Waals surface area contributed by atoms with Crippen LogP contribution in [0.4, 0.5) is 5.69 Å². The Labute approximate surface area is 148 Å². The Morgan fingerprint density at radius 2 is 2.00 bits per heavy atom. The van der Waals surface area contributed by atoms with Gasteiger partial charge in [0.1, 0.15) is 0 Å². The molecule has 2 aromatic rings. The Morgan fingerprint density at radius 1 is 1.20 bits per heavy atom. The van der Waals surface area contributed by atoms with Crippen molar-refractivity contribution < 1.29 is 9.90 Å². The number of nitrogens with one attached hydrogen (secondary N) is 1. The van der Waals surface area contributed by atoms with Gasteiger partial charge in [-0.2, -0.15) is 0 Å². The fraction of sp³-hybridized carbons (Fsp3) is 0.318. The number of hydrogen-bond acceptors (Lipinski definition) is 2. The first-order chi connectivity index (χ1) is 12.2. The van der Waals surface area contributed by atoms with Crippen molar-refractivity contribution >= 4 is 11.7 Å². The second-order valence-corrected chi connectivity index (χ2v) is 7.07. The molecule has 2 aromatic carbocycles. The van der Waals surface area contributed by atoms with Crippen LogP contribution in [0.3, 0.4) is 0 Å². The van der Waals surface area contributed by atoms with Crippen LogP contribution < -0.4 is 5.32 Å². The largest absolute Gasteiger partial charge is 0.478 e. The summed E-state index contributed by atoms with van der Waals surface area (Å²) < 4.78 is 0. The summed E-state index contributed by atoms with van der Waals surface area (Å²) in [5, 5.41) is 12.8. The summed E-state index contributed by atoms with van der Waals surface area (Å²) in [6.45, 7) is 2.22. The number of rotatable bonds is 4. The van der Waals surface area contributed by atoms with Gasteiger partial charge in [-0.15, -0.1) is 0 Å². The molecule has 0 radical (unpaired) electrons. The van der Waals surface area contributed by atoms with E-state index in [0.717, 1.165) is 24.8 Å². The zero-order valence-electron chi connectivity index (χ0n) is 14.4. The number of allylic oxidation sites excluding steroid dienone is 2. The topological polar surface area (TPSA) is 49.3 Å². The van der Waals surface area contributed by atoms with Crippen molar-refractivity contribution in [3.05, 3.63) is 76.9 Å². The van der Waals surface area contributed by atoms with Crippen molar-refractivity contribution in [3.8, 4) is 0 Å². The number of fused-ring (bicyclic) bond motifs is 3. The minimum atomic E-state index is -0.877. The summed E-state index contributed by atoms with van der Waals surface area (Å²) in [5.41, 5.74) is 5.52. The number of aromatic carboxylic acids is 1. The highest BCUT2D eigenvalue weighted by Gasteiger charge is 2.37. The Kier molecular flexibility index (Phi) is 4.08. The van der Waals surface area contributed by atoms with Gasteiger partial charge in [0.15, 0.2) is 0 Å². The summed E-state index contributed by atoms with van der Waals surface area (Å²) in [5.74, 6) is 0.0506. The zero-order valence-corrected chi connectivity index (χ0v) is 14.4. The number of hydrogen-bond donors (Lipinski definition) is 2. The van der Waals surface area contributed by atoms with Crippen molar-refractivity contribution in [2.45, 2.75) is 38.1 Å². The minimum Gasteiger partial charge on any atom is -0.478 e. The Morgan fingerprint density at radius 3 is 2.72 bits per heavy atom. The van der Waals surface area contributed by atoms with E-state index in [-0.39, 0.29) is 6.04 Å². The molecular weight excluding hydrogens is 310 g/mol. The van der Waals surface area contributed by atoms with Gasteiger partial charge in [0.25, 0.3) is 0 Å². The molecule has 1 aliphatic heterocycles. The van der Waals surface area contributed by atoms with Crippen molar-refractivity contribution in [1.29, 1.82) is 0 Å². The van der Waals surface area contributed by atoms with E-state index in [9.17, 15) is 4.79 Å². The van der Waals surface area contributed by atoms with Gasteiger partial charge in [0.05, 0.1) is 11.6 Å². The molecule has 2 aliphatic rings. The van der Waals surface area contributed by atoms with Gasteiger partial charge in [0, 0.05) is 11.6 Å². The van der Waals surface area contributed by atoms with E-state index < -0.39 is 5.97 Å². The van der Waals surface area contributed by atoms with E-state index in [1.165, 1.54) is 16.8 Å². The molecule has 128 valence electrons. The normalized spacial score (nSPS) is 23.6. The third kappa shape index (κ3) is 2.84. The molecule has 3 nitrogen and oxygen atoms in total. The maximum Gasteiger partial charge on any atom is 0.335 e. The second-order valence-electron chi connectivity index (χ2n) is 7.07. The van der Waals surface area contributed by atoms with E-state index in [1.54, 1.807) is 12.1 Å². The molecule has 0 aromatic heterocycles. The Hall–Kier alpha value is -2.55. The van der Waals surface area contributed by atoms with Crippen LogP contribution in [0.15, 0.2) is 54.6 Å². The van der Waals surface area contributed by atoms with Crippen LogP contribution in [0.1, 0.15) is 58.8 Å².